The molecule has 36 heavy (non-hydrogen) atoms. The van der Waals surface area contributed by atoms with Crippen molar-refractivity contribution in [3.63, 3.8) is 0 Å². The third-order valence-corrected chi connectivity index (χ3v) is 5.04. The maximum absolute atomic E-state index is 13.1. The number of nitrogens with two attached hydrogens (primary N) is 1. The van der Waals surface area contributed by atoms with Crippen LogP contribution in [-0.2, 0) is 6.61 Å². The molecule has 4 aromatic rings. The second-order valence-electron chi connectivity index (χ2n) is 7.89. The monoisotopic (exact) mass is 494 g/mol. The maximum Gasteiger partial charge on any atom is 0.293 e. The predicted octanol–water partition coefficient (Wildman–Crippen LogP) is 2.85. The lowest BCUT2D eigenvalue weighted by Crippen LogP contribution is -2.21. The quantitative estimate of drug-likeness (QED) is 0.264. The number of anilines is 1. The fourth-order valence-electron chi connectivity index (χ4n) is 3.31. The van der Waals surface area contributed by atoms with Gasteiger partial charge in [-0.1, -0.05) is 31.2 Å². The number of amides is 1. The number of carbonyl (C=O) groups excluding carboxylic acids is 1. The van der Waals surface area contributed by atoms with E-state index >= 15 is 0 Å². The molecule has 0 fully saturated rings. The van der Waals surface area contributed by atoms with Gasteiger partial charge in [0.1, 0.15) is 12.4 Å². The fourth-order valence-corrected chi connectivity index (χ4v) is 3.31. The first-order valence-corrected chi connectivity index (χ1v) is 10.8. The van der Waals surface area contributed by atoms with Crippen LogP contribution in [-0.4, -0.2) is 44.5 Å². The predicted molar refractivity (Wildman–Crippen MR) is 127 cm³/mol. The van der Waals surface area contributed by atoms with Crippen LogP contribution in [0.25, 0.3) is 5.82 Å². The van der Waals surface area contributed by atoms with Crippen molar-refractivity contribution in [1.29, 1.82) is 0 Å². The Labute approximate surface area is 204 Å². The topological polar surface area (TPSA) is 156 Å². The average Bonchev–Trinajstić information content (AvgIpc) is 3.50. The van der Waals surface area contributed by atoms with E-state index in [-0.39, 0.29) is 35.7 Å². The number of carbonyl (C=O) groups is 1. The van der Waals surface area contributed by atoms with Crippen LogP contribution in [0.5, 0.6) is 11.5 Å². The molecule has 0 spiro atoms. The van der Waals surface area contributed by atoms with Crippen LogP contribution in [0.2, 0.25) is 0 Å². The van der Waals surface area contributed by atoms with Gasteiger partial charge in [0.05, 0.1) is 19.0 Å². The second kappa shape index (κ2) is 10.6. The highest BCUT2D eigenvalue weighted by atomic mass is 19.1. The molecule has 2 heterocycles. The molecule has 12 nitrogen and oxygen atoms in total. The zero-order valence-corrected chi connectivity index (χ0v) is 19.7. The highest BCUT2D eigenvalue weighted by Crippen LogP contribution is 2.28. The average molecular weight is 494 g/mol. The second-order valence-corrected chi connectivity index (χ2v) is 7.89. The summed E-state index contributed by atoms with van der Waals surface area (Å²) in [5.41, 5.74) is 10.2. The van der Waals surface area contributed by atoms with Crippen molar-refractivity contribution in [3.05, 3.63) is 70.8 Å². The molecule has 0 bridgehead atoms. The maximum atomic E-state index is 13.1. The number of aromatic nitrogens is 5. The first-order chi connectivity index (χ1) is 17.4. The van der Waals surface area contributed by atoms with Crippen LogP contribution in [0.1, 0.15) is 47.1 Å². The zero-order valence-electron chi connectivity index (χ0n) is 19.7. The minimum atomic E-state index is -0.567. The highest BCUT2D eigenvalue weighted by Gasteiger charge is 2.25. The number of methoxy groups -OCH3 is 1. The Hall–Kier alpha value is -4.81. The Morgan fingerprint density at radius 3 is 2.67 bits per heavy atom. The number of rotatable bonds is 9. The Bertz CT molecular complexity index is 1380. The van der Waals surface area contributed by atoms with Gasteiger partial charge in [-0.25, -0.2) is 14.4 Å². The van der Waals surface area contributed by atoms with Crippen LogP contribution in [0.3, 0.4) is 0 Å². The van der Waals surface area contributed by atoms with Crippen molar-refractivity contribution in [3.8, 4) is 17.3 Å². The molecule has 0 aliphatic heterocycles. The summed E-state index contributed by atoms with van der Waals surface area (Å²) in [6.45, 7) is 3.98. The van der Waals surface area contributed by atoms with E-state index < -0.39 is 5.91 Å². The summed E-state index contributed by atoms with van der Waals surface area (Å²) in [5.74, 6) is 0.108. The van der Waals surface area contributed by atoms with Gasteiger partial charge in [0, 0.05) is 0 Å². The van der Waals surface area contributed by atoms with Crippen molar-refractivity contribution in [2.24, 2.45) is 5.10 Å². The van der Waals surface area contributed by atoms with Crippen LogP contribution in [0.4, 0.5) is 10.2 Å². The number of halogens is 1. The number of benzene rings is 2. The third-order valence-electron chi connectivity index (χ3n) is 5.04. The van der Waals surface area contributed by atoms with Gasteiger partial charge in [0.15, 0.2) is 17.2 Å². The molecule has 0 unspecified atom stereocenters. The Morgan fingerprint density at radius 2 is 2.00 bits per heavy atom. The lowest BCUT2D eigenvalue weighted by atomic mass is 10.1. The molecule has 0 saturated carbocycles. The molecule has 0 aliphatic rings. The number of nitrogen functional groups attached to an aromatic ring is 1. The van der Waals surface area contributed by atoms with E-state index in [9.17, 15) is 9.18 Å². The summed E-state index contributed by atoms with van der Waals surface area (Å²) in [6.07, 6.45) is 1.45. The largest absolute Gasteiger partial charge is 0.493 e. The van der Waals surface area contributed by atoms with E-state index in [1.165, 1.54) is 30.1 Å². The number of hydrazone groups is 1. The molecule has 13 heteroatoms. The van der Waals surface area contributed by atoms with Gasteiger partial charge < -0.3 is 15.2 Å². The van der Waals surface area contributed by atoms with Gasteiger partial charge >= 0.3 is 0 Å². The molecule has 0 saturated heterocycles. The standard InChI is InChI=1S/C23H23FN8O4/c1-13(2)20-19(27-31-32(20)22-21(25)29-36-30-22)23(33)28-26-11-15-6-9-17(18(10-15)34-3)35-12-14-4-7-16(24)8-5-14/h4-11,13H,12H2,1-3H3,(H2,25,29)(H,28,33)/b26-11-. The molecule has 0 atom stereocenters. The highest BCUT2D eigenvalue weighted by molar-refractivity contribution is 5.94. The molecule has 3 N–H and O–H groups in total. The third kappa shape index (κ3) is 5.29. The summed E-state index contributed by atoms with van der Waals surface area (Å²) < 4.78 is 30.2. The first kappa shape index (κ1) is 24.3. The molecule has 2 aromatic carbocycles. The number of nitrogens with one attached hydrogen (secondary N) is 1. The molecular weight excluding hydrogens is 471 g/mol. The van der Waals surface area contributed by atoms with Crippen LogP contribution in [0, 0.1) is 5.82 Å². The Balaban J connectivity index is 1.44. The zero-order chi connectivity index (χ0) is 25.7. The minimum Gasteiger partial charge on any atom is -0.493 e. The van der Waals surface area contributed by atoms with Crippen molar-refractivity contribution in [2.45, 2.75) is 26.4 Å². The molecular formula is C23H23FN8O4. The molecule has 0 radical (unpaired) electrons. The molecule has 0 aliphatic carbocycles. The summed E-state index contributed by atoms with van der Waals surface area (Å²) in [4.78, 5) is 12.7. The van der Waals surface area contributed by atoms with Crippen molar-refractivity contribution < 1.29 is 23.3 Å². The van der Waals surface area contributed by atoms with Crippen molar-refractivity contribution in [1.82, 2.24) is 30.7 Å². The van der Waals surface area contributed by atoms with Crippen molar-refractivity contribution >= 4 is 17.9 Å². The molecule has 4 rings (SSSR count). The number of nitrogens with zero attached hydrogens (tertiary/aromatic N) is 6. The Kier molecular flexibility index (Phi) is 7.18. The first-order valence-electron chi connectivity index (χ1n) is 10.8. The minimum absolute atomic E-state index is 0.0193. The number of ether oxygens (including phenoxy) is 2. The van der Waals surface area contributed by atoms with Crippen LogP contribution < -0.4 is 20.6 Å². The van der Waals surface area contributed by atoms with E-state index in [1.807, 2.05) is 13.8 Å². The lowest BCUT2D eigenvalue weighted by molar-refractivity contribution is 0.0948. The molecule has 1 amide bonds. The summed E-state index contributed by atoms with van der Waals surface area (Å²) in [5, 5.41) is 19.2. The van der Waals surface area contributed by atoms with Crippen LogP contribution >= 0.6 is 0 Å². The van der Waals surface area contributed by atoms with Gasteiger partial charge in [0.2, 0.25) is 11.6 Å². The lowest BCUT2D eigenvalue weighted by Gasteiger charge is -2.11. The normalized spacial score (nSPS) is 11.2. The number of hydrogen-bond acceptors (Lipinski definition) is 10. The molecule has 2 aromatic heterocycles. The summed E-state index contributed by atoms with van der Waals surface area (Å²) in [7, 11) is 1.51. The van der Waals surface area contributed by atoms with E-state index in [4.69, 9.17) is 15.2 Å². The number of hydrogen-bond donors (Lipinski definition) is 2. The summed E-state index contributed by atoms with van der Waals surface area (Å²) in [6, 6.07) is 11.2. The van der Waals surface area contributed by atoms with E-state index in [1.54, 1.807) is 30.3 Å². The van der Waals surface area contributed by atoms with Gasteiger partial charge in [0.25, 0.3) is 5.91 Å². The fraction of sp³-hybridized carbons (Fsp3) is 0.217. The van der Waals surface area contributed by atoms with E-state index in [0.29, 0.717) is 22.8 Å². The van der Waals surface area contributed by atoms with Gasteiger partial charge in [-0.15, -0.1) is 5.10 Å². The van der Waals surface area contributed by atoms with Crippen LogP contribution in [0.15, 0.2) is 52.2 Å². The van der Waals surface area contributed by atoms with E-state index in [0.717, 1.165) is 5.56 Å². The van der Waals surface area contributed by atoms with Gasteiger partial charge in [-0.3, -0.25) is 4.79 Å². The SMILES string of the molecule is COc1cc(/C=N\NC(=O)c2nnn(-c3nonc3N)c2C(C)C)ccc1OCc1ccc(F)cc1. The van der Waals surface area contributed by atoms with Gasteiger partial charge in [-0.05, 0) is 57.7 Å². The summed E-state index contributed by atoms with van der Waals surface area (Å²) >= 11 is 0. The van der Waals surface area contributed by atoms with Crippen molar-refractivity contribution in [2.75, 3.05) is 12.8 Å². The smallest absolute Gasteiger partial charge is 0.293 e. The van der Waals surface area contributed by atoms with Gasteiger partial charge in [-0.2, -0.15) is 9.78 Å². The molecule has 186 valence electrons. The Morgan fingerprint density at radius 1 is 1.22 bits per heavy atom. The van der Waals surface area contributed by atoms with E-state index in [2.05, 4.69) is 35.8 Å².